The lowest BCUT2D eigenvalue weighted by Gasteiger charge is -2.42. The van der Waals surface area contributed by atoms with Gasteiger partial charge in [-0.15, -0.1) is 0 Å². The van der Waals surface area contributed by atoms with Gasteiger partial charge >= 0.3 is 11.9 Å². The lowest BCUT2D eigenvalue weighted by Crippen LogP contribution is -2.54. The van der Waals surface area contributed by atoms with Gasteiger partial charge in [0.25, 0.3) is 11.7 Å². The van der Waals surface area contributed by atoms with E-state index in [1.807, 2.05) is 24.6 Å². The predicted octanol–water partition coefficient (Wildman–Crippen LogP) is 4.06. The number of halogens is 1. The van der Waals surface area contributed by atoms with E-state index in [0.29, 0.717) is 11.3 Å². The summed E-state index contributed by atoms with van der Waals surface area (Å²) in [6, 6.07) is 10.7. The molecular weight excluding hydrogens is 505 g/mol. The Bertz CT molecular complexity index is 1490. The first-order chi connectivity index (χ1) is 18.7. The van der Waals surface area contributed by atoms with E-state index in [9.17, 15) is 18.8 Å². The summed E-state index contributed by atoms with van der Waals surface area (Å²) in [5.41, 5.74) is 2.81. The highest BCUT2D eigenvalue weighted by molar-refractivity contribution is 6.03. The van der Waals surface area contributed by atoms with Crippen LogP contribution in [0.5, 0.6) is 5.75 Å². The second-order valence-electron chi connectivity index (χ2n) is 9.32. The average molecular weight is 532 g/mol. The maximum Gasteiger partial charge on any atom is 0.334 e. The van der Waals surface area contributed by atoms with E-state index in [2.05, 4.69) is 4.98 Å². The molecule has 1 fully saturated rings. The first kappa shape index (κ1) is 25.9. The van der Waals surface area contributed by atoms with E-state index in [4.69, 9.17) is 14.2 Å². The molecular formula is C29H26FN3O6. The molecule has 2 aromatic carbocycles. The third-order valence-corrected chi connectivity index (χ3v) is 6.79. The number of esters is 2. The van der Waals surface area contributed by atoms with Gasteiger partial charge in [0.05, 0.1) is 30.9 Å². The molecule has 0 aliphatic carbocycles. The maximum absolute atomic E-state index is 14.0. The first-order valence-corrected chi connectivity index (χ1v) is 12.3. The molecule has 10 heteroatoms. The predicted molar refractivity (Wildman–Crippen MR) is 138 cm³/mol. The Labute approximate surface area is 224 Å². The standard InChI is InChI=1S/C29H26FN3O6/c1-18-16-32(17-31-18)24-9-4-20(15-25(24)37-3)14-23-28(36)33(19(2)21-5-7-22(30)8-6-21)13-12-29(23)38-26(34)10-11-27(35)39-29/h4-11,14-17,19H,12-13H2,1-3H3/b23-14-/t19-/m0/s1. The molecule has 2 aliphatic rings. The zero-order valence-electron chi connectivity index (χ0n) is 21.6. The van der Waals surface area contributed by atoms with Crippen molar-refractivity contribution < 1.29 is 33.0 Å². The molecule has 0 saturated carbocycles. The summed E-state index contributed by atoms with van der Waals surface area (Å²) in [5, 5.41) is 0. The fourth-order valence-electron chi connectivity index (χ4n) is 4.76. The smallest absolute Gasteiger partial charge is 0.334 e. The molecule has 200 valence electrons. The number of rotatable bonds is 5. The number of benzene rings is 2. The van der Waals surface area contributed by atoms with Gasteiger partial charge in [0, 0.05) is 31.3 Å². The van der Waals surface area contributed by atoms with Crippen LogP contribution in [0, 0.1) is 12.7 Å². The van der Waals surface area contributed by atoms with Crippen molar-refractivity contribution in [1.29, 1.82) is 0 Å². The number of carbonyl (C=O) groups is 3. The maximum atomic E-state index is 14.0. The van der Waals surface area contributed by atoms with Gasteiger partial charge in [0.1, 0.15) is 17.1 Å². The number of hydrogen-bond donors (Lipinski definition) is 0. The fraction of sp³-hybridized carbons (Fsp3) is 0.241. The molecule has 9 nitrogen and oxygen atoms in total. The summed E-state index contributed by atoms with van der Waals surface area (Å²) in [6.45, 7) is 3.81. The largest absolute Gasteiger partial charge is 0.495 e. The quantitative estimate of drug-likeness (QED) is 0.362. The van der Waals surface area contributed by atoms with E-state index in [0.717, 1.165) is 29.1 Å². The summed E-state index contributed by atoms with van der Waals surface area (Å²) in [4.78, 5) is 44.7. The second-order valence-corrected chi connectivity index (χ2v) is 9.32. The molecule has 1 amide bonds. The molecule has 3 aromatic rings. The van der Waals surface area contributed by atoms with Crippen LogP contribution >= 0.6 is 0 Å². The molecule has 1 atom stereocenters. The molecule has 2 aliphatic heterocycles. The van der Waals surface area contributed by atoms with Gasteiger partial charge in [0.15, 0.2) is 0 Å². The Kier molecular flexibility index (Phi) is 6.78. The summed E-state index contributed by atoms with van der Waals surface area (Å²) in [7, 11) is 1.53. The van der Waals surface area contributed by atoms with Crippen LogP contribution in [0.1, 0.15) is 36.2 Å². The van der Waals surface area contributed by atoms with E-state index in [-0.39, 0.29) is 24.4 Å². The summed E-state index contributed by atoms with van der Waals surface area (Å²) in [5.74, 6) is -3.89. The third-order valence-electron chi connectivity index (χ3n) is 6.79. The van der Waals surface area contributed by atoms with Crippen LogP contribution in [0.15, 0.2) is 72.7 Å². The third kappa shape index (κ3) is 5.05. The number of piperidine rings is 1. The van der Waals surface area contributed by atoms with E-state index < -0.39 is 29.7 Å². The number of amides is 1. The molecule has 39 heavy (non-hydrogen) atoms. The van der Waals surface area contributed by atoms with Gasteiger partial charge in [0.2, 0.25) is 0 Å². The highest BCUT2D eigenvalue weighted by Gasteiger charge is 2.52. The number of methoxy groups -OCH3 is 1. The number of aromatic nitrogens is 2. The monoisotopic (exact) mass is 531 g/mol. The highest BCUT2D eigenvalue weighted by atomic mass is 19.1. The number of hydrogen-bond acceptors (Lipinski definition) is 7. The van der Waals surface area contributed by atoms with Crippen molar-refractivity contribution in [3.8, 4) is 11.4 Å². The number of ether oxygens (including phenoxy) is 3. The minimum atomic E-state index is -1.92. The number of aryl methyl sites for hydroxylation is 1. The topological polar surface area (TPSA) is 100.0 Å². The van der Waals surface area contributed by atoms with Crippen LogP contribution < -0.4 is 4.74 Å². The van der Waals surface area contributed by atoms with E-state index in [1.165, 1.54) is 25.3 Å². The van der Waals surface area contributed by atoms with Crippen molar-refractivity contribution in [1.82, 2.24) is 14.5 Å². The van der Waals surface area contributed by atoms with Crippen LogP contribution in [0.25, 0.3) is 11.8 Å². The summed E-state index contributed by atoms with van der Waals surface area (Å²) in [6.07, 6.45) is 7.00. The average Bonchev–Trinajstić information content (AvgIpc) is 3.29. The lowest BCUT2D eigenvalue weighted by atomic mass is 9.91. The number of nitrogens with zero attached hydrogens (tertiary/aromatic N) is 3. The molecule has 0 radical (unpaired) electrons. The van der Waals surface area contributed by atoms with Crippen LogP contribution in [0.3, 0.4) is 0 Å². The Morgan fingerprint density at radius 2 is 1.77 bits per heavy atom. The Morgan fingerprint density at radius 1 is 1.08 bits per heavy atom. The van der Waals surface area contributed by atoms with E-state index in [1.54, 1.807) is 41.6 Å². The number of imidazole rings is 1. The molecule has 0 unspecified atom stereocenters. The van der Waals surface area contributed by atoms with Gasteiger partial charge in [-0.05, 0) is 55.3 Å². The molecule has 0 bridgehead atoms. The van der Waals surface area contributed by atoms with Gasteiger partial charge in [-0.2, -0.15) is 0 Å². The van der Waals surface area contributed by atoms with Gasteiger partial charge in [-0.25, -0.2) is 19.0 Å². The van der Waals surface area contributed by atoms with E-state index >= 15 is 0 Å². The van der Waals surface area contributed by atoms with Gasteiger partial charge < -0.3 is 23.7 Å². The van der Waals surface area contributed by atoms with Crippen molar-refractivity contribution in [3.63, 3.8) is 0 Å². The molecule has 3 heterocycles. The fourth-order valence-corrected chi connectivity index (χ4v) is 4.76. The molecule has 1 spiro atoms. The minimum Gasteiger partial charge on any atom is -0.495 e. The normalized spacial score (nSPS) is 18.6. The summed E-state index contributed by atoms with van der Waals surface area (Å²) < 4.78 is 32.1. The van der Waals surface area contributed by atoms with Crippen molar-refractivity contribution in [2.24, 2.45) is 0 Å². The first-order valence-electron chi connectivity index (χ1n) is 12.3. The van der Waals surface area contributed by atoms with Crippen molar-refractivity contribution in [2.45, 2.75) is 32.1 Å². The Morgan fingerprint density at radius 3 is 2.38 bits per heavy atom. The van der Waals surface area contributed by atoms with Crippen LogP contribution in [0.4, 0.5) is 4.39 Å². The van der Waals surface area contributed by atoms with Crippen LogP contribution in [-0.4, -0.2) is 51.7 Å². The van der Waals surface area contributed by atoms with Crippen molar-refractivity contribution >= 4 is 23.9 Å². The molecule has 1 saturated heterocycles. The van der Waals surface area contributed by atoms with Gasteiger partial charge in [-0.1, -0.05) is 18.2 Å². The summed E-state index contributed by atoms with van der Waals surface area (Å²) >= 11 is 0. The SMILES string of the molecule is COc1cc(/C=C2/C(=O)N([C@@H](C)c3ccc(F)cc3)CCC23OC(=O)C=CC(=O)O3)ccc1-n1cnc(C)c1. The Balaban J connectivity index is 1.58. The van der Waals surface area contributed by atoms with Crippen LogP contribution in [-0.2, 0) is 23.9 Å². The molecule has 5 rings (SSSR count). The number of likely N-dealkylation sites (tertiary alicyclic amines) is 1. The van der Waals surface area contributed by atoms with Crippen molar-refractivity contribution in [3.05, 3.63) is 95.4 Å². The lowest BCUT2D eigenvalue weighted by molar-refractivity contribution is -0.214. The Hall–Kier alpha value is -4.73. The minimum absolute atomic E-state index is 0.0127. The van der Waals surface area contributed by atoms with Gasteiger partial charge in [-0.3, -0.25) is 4.79 Å². The zero-order chi connectivity index (χ0) is 27.7. The zero-order valence-corrected chi connectivity index (χ0v) is 21.6. The second kappa shape index (κ2) is 10.2. The van der Waals surface area contributed by atoms with Crippen LogP contribution in [0.2, 0.25) is 0 Å². The van der Waals surface area contributed by atoms with Crippen molar-refractivity contribution in [2.75, 3.05) is 13.7 Å². The molecule has 0 N–H and O–H groups in total. The number of carbonyl (C=O) groups excluding carboxylic acids is 3. The molecule has 1 aromatic heterocycles. The highest BCUT2D eigenvalue weighted by Crippen LogP contribution is 2.40.